The molecule has 1 heteroatoms. The second-order valence-corrected chi connectivity index (χ2v) is 6.27. The van der Waals surface area contributed by atoms with Gasteiger partial charge in [-0.25, -0.2) is 0 Å². The summed E-state index contributed by atoms with van der Waals surface area (Å²) in [6, 6.07) is 0. The van der Waals surface area contributed by atoms with E-state index in [0.717, 1.165) is 12.8 Å². The van der Waals surface area contributed by atoms with Crippen LogP contribution < -0.4 is 0 Å². The third kappa shape index (κ3) is 1.16. The van der Waals surface area contributed by atoms with Gasteiger partial charge in [0.2, 0.25) is 0 Å². The maximum absolute atomic E-state index is 11.7. The molecule has 0 aromatic carbocycles. The molecule has 2 aliphatic rings. The average molecular weight is 180 g/mol. The predicted molar refractivity (Wildman–Crippen MR) is 53.4 cm³/mol. The molecule has 0 saturated heterocycles. The molecule has 2 fully saturated rings. The fraction of sp³-hybridized carbons (Fsp3) is 0.917. The zero-order valence-electron chi connectivity index (χ0n) is 9.18. The minimum absolute atomic E-state index is 0.324. The molecular formula is C12H20O. The van der Waals surface area contributed by atoms with E-state index in [9.17, 15) is 4.79 Å². The molecule has 13 heavy (non-hydrogen) atoms. The highest BCUT2D eigenvalue weighted by atomic mass is 16.1. The van der Waals surface area contributed by atoms with Crippen molar-refractivity contribution in [3.05, 3.63) is 0 Å². The molecule has 0 aromatic rings. The SMILES string of the molecule is CC(C)(C)C1CC2(C)CCC(=O)C12. The van der Waals surface area contributed by atoms with Crippen LogP contribution in [0.4, 0.5) is 0 Å². The summed E-state index contributed by atoms with van der Waals surface area (Å²) in [7, 11) is 0. The molecule has 2 aliphatic carbocycles. The lowest BCUT2D eigenvalue weighted by Crippen LogP contribution is -2.50. The van der Waals surface area contributed by atoms with Gasteiger partial charge in [0.1, 0.15) is 5.78 Å². The van der Waals surface area contributed by atoms with E-state index in [2.05, 4.69) is 27.7 Å². The number of hydrogen-bond acceptors (Lipinski definition) is 1. The molecule has 0 heterocycles. The molecule has 0 amide bonds. The molecule has 0 aliphatic heterocycles. The Kier molecular flexibility index (Phi) is 1.68. The average Bonchev–Trinajstić information content (AvgIpc) is 2.10. The Morgan fingerprint density at radius 3 is 2.46 bits per heavy atom. The van der Waals surface area contributed by atoms with E-state index in [-0.39, 0.29) is 0 Å². The summed E-state index contributed by atoms with van der Waals surface area (Å²) in [6.45, 7) is 9.10. The Morgan fingerprint density at radius 2 is 2.00 bits per heavy atom. The van der Waals surface area contributed by atoms with Crippen LogP contribution in [0.2, 0.25) is 0 Å². The van der Waals surface area contributed by atoms with E-state index in [4.69, 9.17) is 0 Å². The summed E-state index contributed by atoms with van der Waals surface area (Å²) < 4.78 is 0. The highest BCUT2D eigenvalue weighted by molar-refractivity contribution is 5.85. The van der Waals surface area contributed by atoms with Crippen LogP contribution in [0.1, 0.15) is 47.0 Å². The third-order valence-corrected chi connectivity index (χ3v) is 4.24. The molecule has 3 unspecified atom stereocenters. The fourth-order valence-electron chi connectivity index (χ4n) is 3.31. The van der Waals surface area contributed by atoms with Crippen LogP contribution in [0.3, 0.4) is 0 Å². The maximum Gasteiger partial charge on any atom is 0.136 e. The predicted octanol–water partition coefficient (Wildman–Crippen LogP) is 3.04. The molecule has 1 nitrogen and oxygen atoms in total. The van der Waals surface area contributed by atoms with Crippen LogP contribution in [-0.4, -0.2) is 5.78 Å². The van der Waals surface area contributed by atoms with E-state index in [1.807, 2.05) is 0 Å². The van der Waals surface area contributed by atoms with Gasteiger partial charge in [-0.3, -0.25) is 4.79 Å². The van der Waals surface area contributed by atoms with Crippen molar-refractivity contribution in [2.75, 3.05) is 0 Å². The number of ketones is 1. The Morgan fingerprint density at radius 1 is 1.38 bits per heavy atom. The summed E-state index contributed by atoms with van der Waals surface area (Å²) in [6.07, 6.45) is 3.25. The molecule has 0 bridgehead atoms. The zero-order valence-corrected chi connectivity index (χ0v) is 9.18. The monoisotopic (exact) mass is 180 g/mol. The highest BCUT2D eigenvalue weighted by Crippen LogP contribution is 2.63. The first-order chi connectivity index (χ1) is 5.84. The van der Waals surface area contributed by atoms with Gasteiger partial charge in [0.05, 0.1) is 0 Å². The van der Waals surface area contributed by atoms with E-state index in [1.165, 1.54) is 6.42 Å². The first-order valence-electron chi connectivity index (χ1n) is 5.37. The van der Waals surface area contributed by atoms with Crippen molar-refractivity contribution >= 4 is 5.78 Å². The van der Waals surface area contributed by atoms with Gasteiger partial charge < -0.3 is 0 Å². The van der Waals surface area contributed by atoms with Crippen LogP contribution in [0.15, 0.2) is 0 Å². The lowest BCUT2D eigenvalue weighted by molar-refractivity contribution is -0.137. The standard InChI is InChI=1S/C12H20O/c1-11(2,3)8-7-12(4)6-5-9(13)10(8)12/h8,10H,5-7H2,1-4H3. The topological polar surface area (TPSA) is 17.1 Å². The van der Waals surface area contributed by atoms with Crippen molar-refractivity contribution in [2.45, 2.75) is 47.0 Å². The lowest BCUT2D eigenvalue weighted by Gasteiger charge is -2.54. The minimum atomic E-state index is 0.324. The van der Waals surface area contributed by atoms with Crippen molar-refractivity contribution in [1.29, 1.82) is 0 Å². The number of hydrogen-bond donors (Lipinski definition) is 0. The molecule has 0 aromatic heterocycles. The van der Waals surface area contributed by atoms with E-state index in [1.54, 1.807) is 0 Å². The number of fused-ring (bicyclic) bond motifs is 1. The number of rotatable bonds is 0. The van der Waals surface area contributed by atoms with Crippen LogP contribution in [0.5, 0.6) is 0 Å². The van der Waals surface area contributed by atoms with Crippen LogP contribution in [0, 0.1) is 22.7 Å². The van der Waals surface area contributed by atoms with Gasteiger partial charge in [-0.1, -0.05) is 27.7 Å². The van der Waals surface area contributed by atoms with Crippen molar-refractivity contribution in [3.63, 3.8) is 0 Å². The van der Waals surface area contributed by atoms with Crippen LogP contribution in [-0.2, 0) is 4.79 Å². The van der Waals surface area contributed by atoms with Gasteiger partial charge in [-0.2, -0.15) is 0 Å². The molecule has 0 radical (unpaired) electrons. The summed E-state index contributed by atoms with van der Waals surface area (Å²) in [5.74, 6) is 1.58. The normalized spacial score (nSPS) is 44.5. The van der Waals surface area contributed by atoms with Gasteiger partial charge in [0, 0.05) is 12.3 Å². The van der Waals surface area contributed by atoms with E-state index in [0.29, 0.717) is 28.4 Å². The quantitative estimate of drug-likeness (QED) is 0.560. The van der Waals surface area contributed by atoms with Crippen molar-refractivity contribution in [2.24, 2.45) is 22.7 Å². The second-order valence-electron chi connectivity index (χ2n) is 6.27. The number of carbonyl (C=O) groups excluding carboxylic acids is 1. The minimum Gasteiger partial charge on any atom is -0.299 e. The van der Waals surface area contributed by atoms with Crippen molar-refractivity contribution in [1.82, 2.24) is 0 Å². The zero-order chi connectivity index (χ0) is 9.85. The summed E-state index contributed by atoms with van der Waals surface area (Å²) in [5, 5.41) is 0. The Hall–Kier alpha value is -0.330. The maximum atomic E-state index is 11.7. The Balaban J connectivity index is 2.19. The second kappa shape index (κ2) is 2.37. The van der Waals surface area contributed by atoms with Gasteiger partial charge in [0.25, 0.3) is 0 Å². The van der Waals surface area contributed by atoms with Crippen molar-refractivity contribution < 1.29 is 4.79 Å². The number of carbonyl (C=O) groups is 1. The van der Waals surface area contributed by atoms with Crippen molar-refractivity contribution in [3.8, 4) is 0 Å². The highest BCUT2D eigenvalue weighted by Gasteiger charge is 2.60. The smallest absolute Gasteiger partial charge is 0.136 e. The molecule has 0 N–H and O–H groups in total. The van der Waals surface area contributed by atoms with Gasteiger partial charge in [-0.15, -0.1) is 0 Å². The Labute approximate surface area is 80.9 Å². The van der Waals surface area contributed by atoms with E-state index >= 15 is 0 Å². The third-order valence-electron chi connectivity index (χ3n) is 4.24. The fourth-order valence-corrected chi connectivity index (χ4v) is 3.31. The molecule has 0 spiro atoms. The van der Waals surface area contributed by atoms with Gasteiger partial charge >= 0.3 is 0 Å². The summed E-state index contributed by atoms with van der Waals surface area (Å²) in [4.78, 5) is 11.7. The van der Waals surface area contributed by atoms with Crippen LogP contribution in [0.25, 0.3) is 0 Å². The summed E-state index contributed by atoms with van der Waals surface area (Å²) in [5.41, 5.74) is 0.708. The largest absolute Gasteiger partial charge is 0.299 e. The molecular weight excluding hydrogens is 160 g/mol. The molecule has 2 saturated carbocycles. The molecule has 2 rings (SSSR count). The lowest BCUT2D eigenvalue weighted by atomic mass is 9.49. The Bertz CT molecular complexity index is 248. The number of Topliss-reactive ketones (excluding diaryl/α,β-unsaturated/α-hetero) is 1. The first kappa shape index (κ1) is 9.23. The molecule has 3 atom stereocenters. The summed E-state index contributed by atoms with van der Waals surface area (Å²) >= 11 is 0. The van der Waals surface area contributed by atoms with Gasteiger partial charge in [-0.05, 0) is 29.6 Å². The van der Waals surface area contributed by atoms with Crippen LogP contribution >= 0.6 is 0 Å². The molecule has 74 valence electrons. The van der Waals surface area contributed by atoms with E-state index < -0.39 is 0 Å². The van der Waals surface area contributed by atoms with Gasteiger partial charge in [0.15, 0.2) is 0 Å². The first-order valence-corrected chi connectivity index (χ1v) is 5.37.